The molecule has 2 rings (SSSR count). The highest BCUT2D eigenvalue weighted by molar-refractivity contribution is 7.19. The van der Waals surface area contributed by atoms with E-state index in [1.807, 2.05) is 0 Å². The summed E-state index contributed by atoms with van der Waals surface area (Å²) in [6.45, 7) is 4.29. The minimum absolute atomic E-state index is 0.622. The predicted molar refractivity (Wildman–Crippen MR) is 60.9 cm³/mol. The average molecular weight is 211 g/mol. The lowest BCUT2D eigenvalue weighted by Gasteiger charge is -1.98. The van der Waals surface area contributed by atoms with E-state index in [0.717, 1.165) is 0 Å². The molecule has 0 amide bonds. The molecule has 0 nitrogen and oxygen atoms in total. The van der Waals surface area contributed by atoms with Crippen LogP contribution in [0.25, 0.3) is 10.1 Å². The Hall–Kier alpha value is -0.530. The maximum absolute atomic E-state index is 5.79. The number of alkyl halides is 1. The van der Waals surface area contributed by atoms with Gasteiger partial charge in [0.1, 0.15) is 0 Å². The number of hydrogen-bond acceptors (Lipinski definition) is 1. The Kier molecular flexibility index (Phi) is 2.31. The highest BCUT2D eigenvalue weighted by Gasteiger charge is 2.02. The van der Waals surface area contributed by atoms with Crippen LogP contribution in [0, 0.1) is 13.8 Å². The van der Waals surface area contributed by atoms with Gasteiger partial charge in [-0.2, -0.15) is 0 Å². The van der Waals surface area contributed by atoms with Crippen molar-refractivity contribution in [3.8, 4) is 0 Å². The molecule has 0 radical (unpaired) electrons. The number of rotatable bonds is 1. The number of thiophene rings is 1. The van der Waals surface area contributed by atoms with E-state index in [-0.39, 0.29) is 0 Å². The predicted octanol–water partition coefficient (Wildman–Crippen LogP) is 4.26. The molecule has 0 unspecified atom stereocenters. The first-order valence-electron chi connectivity index (χ1n) is 4.26. The van der Waals surface area contributed by atoms with Gasteiger partial charge in [0.2, 0.25) is 0 Å². The summed E-state index contributed by atoms with van der Waals surface area (Å²) in [5, 5.41) is 1.32. The lowest BCUT2D eigenvalue weighted by molar-refractivity contribution is 1.37. The van der Waals surface area contributed by atoms with Crippen molar-refractivity contribution in [2.75, 3.05) is 0 Å². The lowest BCUT2D eigenvalue weighted by Crippen LogP contribution is -1.77. The van der Waals surface area contributed by atoms with Gasteiger partial charge in [0.05, 0.1) is 5.88 Å². The summed E-state index contributed by atoms with van der Waals surface area (Å²) in [6.07, 6.45) is 0. The van der Waals surface area contributed by atoms with Crippen LogP contribution < -0.4 is 0 Å². The summed E-state index contributed by atoms with van der Waals surface area (Å²) in [5.74, 6) is 0.622. The molecule has 68 valence electrons. The van der Waals surface area contributed by atoms with Gasteiger partial charge in [0.25, 0.3) is 0 Å². The largest absolute Gasteiger partial charge is 0.139 e. The van der Waals surface area contributed by atoms with E-state index in [0.29, 0.717) is 5.88 Å². The van der Waals surface area contributed by atoms with E-state index >= 15 is 0 Å². The molecule has 0 N–H and O–H groups in total. The van der Waals surface area contributed by atoms with Crippen LogP contribution in [0.3, 0.4) is 0 Å². The Morgan fingerprint density at radius 1 is 1.15 bits per heavy atom. The third-order valence-electron chi connectivity index (χ3n) is 2.32. The SMILES string of the molecule is Cc1cc2cc(CCl)sc2cc1C. The summed E-state index contributed by atoms with van der Waals surface area (Å²) in [4.78, 5) is 1.25. The zero-order valence-electron chi connectivity index (χ0n) is 7.73. The monoisotopic (exact) mass is 210 g/mol. The zero-order chi connectivity index (χ0) is 9.42. The molecule has 0 saturated heterocycles. The second-order valence-electron chi connectivity index (χ2n) is 3.32. The van der Waals surface area contributed by atoms with Crippen molar-refractivity contribution < 1.29 is 0 Å². The quantitative estimate of drug-likeness (QED) is 0.618. The molecule has 0 aliphatic rings. The molecule has 0 saturated carbocycles. The second kappa shape index (κ2) is 3.32. The molecule has 13 heavy (non-hydrogen) atoms. The molecule has 1 aromatic heterocycles. The van der Waals surface area contributed by atoms with E-state index < -0.39 is 0 Å². The van der Waals surface area contributed by atoms with Crippen LogP contribution in [-0.2, 0) is 5.88 Å². The van der Waals surface area contributed by atoms with Gasteiger partial charge in [-0.05, 0) is 42.5 Å². The fraction of sp³-hybridized carbons (Fsp3) is 0.273. The van der Waals surface area contributed by atoms with Crippen molar-refractivity contribution in [3.63, 3.8) is 0 Å². The summed E-state index contributed by atoms with van der Waals surface area (Å²) >= 11 is 7.58. The van der Waals surface area contributed by atoms with Gasteiger partial charge in [0, 0.05) is 9.58 Å². The maximum Gasteiger partial charge on any atom is 0.0568 e. The molecule has 0 aliphatic heterocycles. The molecule has 0 fully saturated rings. The first-order chi connectivity index (χ1) is 6.20. The number of halogens is 1. The van der Waals surface area contributed by atoms with Crippen molar-refractivity contribution in [3.05, 3.63) is 34.2 Å². The minimum atomic E-state index is 0.622. The standard InChI is InChI=1S/C11H11ClS/c1-7-3-9-5-10(6-12)13-11(9)4-8(7)2/h3-5H,6H2,1-2H3. The number of fused-ring (bicyclic) bond motifs is 1. The third-order valence-corrected chi connectivity index (χ3v) is 3.86. The van der Waals surface area contributed by atoms with Crippen molar-refractivity contribution in [1.29, 1.82) is 0 Å². The number of benzene rings is 1. The molecule has 1 heterocycles. The topological polar surface area (TPSA) is 0 Å². The lowest BCUT2D eigenvalue weighted by atomic mass is 10.1. The molecule has 0 spiro atoms. The fourth-order valence-corrected chi connectivity index (χ4v) is 2.66. The van der Waals surface area contributed by atoms with Crippen LogP contribution in [0.1, 0.15) is 16.0 Å². The van der Waals surface area contributed by atoms with Crippen molar-refractivity contribution in [2.45, 2.75) is 19.7 Å². The Morgan fingerprint density at radius 2 is 1.85 bits per heavy atom. The Morgan fingerprint density at radius 3 is 2.54 bits per heavy atom. The van der Waals surface area contributed by atoms with Gasteiger partial charge in [-0.3, -0.25) is 0 Å². The van der Waals surface area contributed by atoms with Crippen LogP contribution in [0.2, 0.25) is 0 Å². The van der Waals surface area contributed by atoms with Gasteiger partial charge in [-0.15, -0.1) is 22.9 Å². The maximum atomic E-state index is 5.79. The molecule has 2 aromatic rings. The van der Waals surface area contributed by atoms with Gasteiger partial charge in [0.15, 0.2) is 0 Å². The molecule has 0 aliphatic carbocycles. The van der Waals surface area contributed by atoms with Crippen molar-refractivity contribution in [2.24, 2.45) is 0 Å². The molecule has 2 heteroatoms. The Labute approximate surface area is 87.2 Å². The van der Waals surface area contributed by atoms with E-state index in [9.17, 15) is 0 Å². The van der Waals surface area contributed by atoms with Crippen LogP contribution in [0.4, 0.5) is 0 Å². The Bertz CT molecular complexity index is 404. The first-order valence-corrected chi connectivity index (χ1v) is 5.61. The highest BCUT2D eigenvalue weighted by Crippen LogP contribution is 2.28. The molecule has 1 aromatic carbocycles. The fourth-order valence-electron chi connectivity index (χ4n) is 1.42. The molecule has 0 bridgehead atoms. The van der Waals surface area contributed by atoms with E-state index in [2.05, 4.69) is 32.0 Å². The average Bonchev–Trinajstić information content (AvgIpc) is 2.48. The second-order valence-corrected chi connectivity index (χ2v) is 4.76. The summed E-state index contributed by atoms with van der Waals surface area (Å²) in [5.41, 5.74) is 2.71. The van der Waals surface area contributed by atoms with Crippen LogP contribution in [0.15, 0.2) is 18.2 Å². The third kappa shape index (κ3) is 1.59. The van der Waals surface area contributed by atoms with Crippen molar-refractivity contribution >= 4 is 33.0 Å². The van der Waals surface area contributed by atoms with Crippen LogP contribution in [0.5, 0.6) is 0 Å². The van der Waals surface area contributed by atoms with E-state index in [4.69, 9.17) is 11.6 Å². The summed E-state index contributed by atoms with van der Waals surface area (Å²) in [6, 6.07) is 6.65. The molecular weight excluding hydrogens is 200 g/mol. The smallest absolute Gasteiger partial charge is 0.0568 e. The Balaban J connectivity index is 2.70. The van der Waals surface area contributed by atoms with Gasteiger partial charge >= 0.3 is 0 Å². The molecule has 0 atom stereocenters. The van der Waals surface area contributed by atoms with Gasteiger partial charge in [-0.25, -0.2) is 0 Å². The highest BCUT2D eigenvalue weighted by atomic mass is 35.5. The van der Waals surface area contributed by atoms with Crippen LogP contribution in [-0.4, -0.2) is 0 Å². The van der Waals surface area contributed by atoms with Gasteiger partial charge < -0.3 is 0 Å². The normalized spacial score (nSPS) is 11.0. The van der Waals surface area contributed by atoms with E-state index in [1.54, 1.807) is 11.3 Å². The molecular formula is C11H11ClS. The van der Waals surface area contributed by atoms with Gasteiger partial charge in [-0.1, -0.05) is 6.07 Å². The summed E-state index contributed by atoms with van der Waals surface area (Å²) in [7, 11) is 0. The number of hydrogen-bond donors (Lipinski definition) is 0. The number of aryl methyl sites for hydroxylation is 2. The minimum Gasteiger partial charge on any atom is -0.139 e. The summed E-state index contributed by atoms with van der Waals surface area (Å²) < 4.78 is 1.35. The van der Waals surface area contributed by atoms with E-state index in [1.165, 1.54) is 26.1 Å². The zero-order valence-corrected chi connectivity index (χ0v) is 9.30. The van der Waals surface area contributed by atoms with Crippen molar-refractivity contribution in [1.82, 2.24) is 0 Å². The van der Waals surface area contributed by atoms with Crippen LogP contribution >= 0.6 is 22.9 Å². The first kappa shape index (κ1) is 9.04.